The molecule has 2 aromatic heterocycles. The van der Waals surface area contributed by atoms with Crippen molar-refractivity contribution in [2.24, 2.45) is 0 Å². The summed E-state index contributed by atoms with van der Waals surface area (Å²) in [4.78, 5) is 4.34. The van der Waals surface area contributed by atoms with E-state index in [1.54, 1.807) is 0 Å². The lowest BCUT2D eigenvalue weighted by Gasteiger charge is -2.17. The lowest BCUT2D eigenvalue weighted by atomic mass is 10.1. The normalized spacial score (nSPS) is 14.5. The molecular formula is C14H18N2O. The van der Waals surface area contributed by atoms with Gasteiger partial charge in [0.25, 0.3) is 0 Å². The Morgan fingerprint density at radius 3 is 2.53 bits per heavy atom. The predicted octanol–water partition coefficient (Wildman–Crippen LogP) is 3.39. The van der Waals surface area contributed by atoms with Crippen LogP contribution in [0.15, 0.2) is 40.9 Å². The van der Waals surface area contributed by atoms with Crippen LogP contribution in [0.3, 0.4) is 0 Å². The summed E-state index contributed by atoms with van der Waals surface area (Å²) in [6.07, 6.45) is 1.81. The predicted molar refractivity (Wildman–Crippen MR) is 67.6 cm³/mol. The third-order valence-corrected chi connectivity index (χ3v) is 2.82. The fraction of sp³-hybridized carbons (Fsp3) is 0.357. The van der Waals surface area contributed by atoms with Crippen LogP contribution >= 0.6 is 0 Å². The highest BCUT2D eigenvalue weighted by Gasteiger charge is 2.14. The summed E-state index contributed by atoms with van der Waals surface area (Å²) in [5, 5.41) is 3.47. The summed E-state index contributed by atoms with van der Waals surface area (Å²) in [6.45, 7) is 6.16. The molecule has 3 heteroatoms. The van der Waals surface area contributed by atoms with Crippen molar-refractivity contribution in [1.29, 1.82) is 0 Å². The average molecular weight is 230 g/mol. The molecule has 0 radical (unpaired) electrons. The number of pyridine rings is 1. The molecule has 1 unspecified atom stereocenters. The van der Waals surface area contributed by atoms with Gasteiger partial charge in [-0.2, -0.15) is 0 Å². The maximum atomic E-state index is 5.60. The number of nitrogens with zero attached hydrogens (tertiary/aromatic N) is 1. The minimum Gasteiger partial charge on any atom is -0.465 e. The number of furan rings is 1. The molecule has 0 aliphatic carbocycles. The first kappa shape index (κ1) is 11.9. The van der Waals surface area contributed by atoms with E-state index in [2.05, 4.69) is 24.1 Å². The third kappa shape index (κ3) is 2.94. The first-order chi connectivity index (χ1) is 8.16. The van der Waals surface area contributed by atoms with E-state index in [1.807, 2.05) is 43.5 Å². The zero-order valence-electron chi connectivity index (χ0n) is 10.5. The summed E-state index contributed by atoms with van der Waals surface area (Å²) in [5.41, 5.74) is 1.04. The maximum absolute atomic E-state index is 5.60. The van der Waals surface area contributed by atoms with E-state index in [0.29, 0.717) is 0 Å². The Morgan fingerprint density at radius 2 is 1.94 bits per heavy atom. The van der Waals surface area contributed by atoms with Gasteiger partial charge in [0.2, 0.25) is 0 Å². The Bertz CT molecular complexity index is 464. The van der Waals surface area contributed by atoms with Gasteiger partial charge in [0.15, 0.2) is 0 Å². The molecule has 2 aromatic rings. The fourth-order valence-electron chi connectivity index (χ4n) is 1.86. The van der Waals surface area contributed by atoms with Gasteiger partial charge in [-0.05, 0) is 45.0 Å². The minimum atomic E-state index is 0.181. The Kier molecular flexibility index (Phi) is 3.59. The van der Waals surface area contributed by atoms with Crippen molar-refractivity contribution in [2.45, 2.75) is 32.9 Å². The van der Waals surface area contributed by atoms with Crippen molar-refractivity contribution in [1.82, 2.24) is 10.3 Å². The molecule has 0 aliphatic heterocycles. The van der Waals surface area contributed by atoms with Crippen LogP contribution in [0.2, 0.25) is 0 Å². The monoisotopic (exact) mass is 230 g/mol. The van der Waals surface area contributed by atoms with Crippen LogP contribution < -0.4 is 5.32 Å². The Morgan fingerprint density at radius 1 is 1.12 bits per heavy atom. The molecule has 0 spiro atoms. The molecule has 0 saturated heterocycles. The number of hydrogen-bond acceptors (Lipinski definition) is 3. The molecule has 0 aromatic carbocycles. The van der Waals surface area contributed by atoms with Gasteiger partial charge < -0.3 is 4.42 Å². The van der Waals surface area contributed by atoms with Crippen molar-refractivity contribution < 1.29 is 4.42 Å². The molecule has 2 rings (SSSR count). The summed E-state index contributed by atoms with van der Waals surface area (Å²) < 4.78 is 5.60. The van der Waals surface area contributed by atoms with E-state index < -0.39 is 0 Å². The van der Waals surface area contributed by atoms with Crippen molar-refractivity contribution in [3.8, 4) is 0 Å². The van der Waals surface area contributed by atoms with Crippen LogP contribution in [-0.2, 0) is 0 Å². The zero-order valence-corrected chi connectivity index (χ0v) is 10.5. The summed E-state index contributed by atoms with van der Waals surface area (Å²) in [5.74, 6) is 1.91. The second-order valence-electron chi connectivity index (χ2n) is 4.31. The molecule has 90 valence electrons. The fourth-order valence-corrected chi connectivity index (χ4v) is 1.86. The van der Waals surface area contributed by atoms with Crippen molar-refractivity contribution in [3.63, 3.8) is 0 Å². The van der Waals surface area contributed by atoms with Crippen molar-refractivity contribution in [2.75, 3.05) is 0 Å². The number of aryl methyl sites for hydroxylation is 1. The summed E-state index contributed by atoms with van der Waals surface area (Å²) >= 11 is 0. The molecule has 1 N–H and O–H groups in total. The molecular weight excluding hydrogens is 212 g/mol. The van der Waals surface area contributed by atoms with Gasteiger partial charge in [0.1, 0.15) is 11.5 Å². The lowest BCUT2D eigenvalue weighted by molar-refractivity contribution is 0.390. The van der Waals surface area contributed by atoms with E-state index in [0.717, 1.165) is 17.2 Å². The Balaban J connectivity index is 2.02. The van der Waals surface area contributed by atoms with Crippen LogP contribution in [0, 0.1) is 6.92 Å². The Labute approximate surface area is 102 Å². The van der Waals surface area contributed by atoms with Crippen LogP contribution in [0.1, 0.15) is 43.1 Å². The smallest absolute Gasteiger partial charge is 0.120 e. The second kappa shape index (κ2) is 5.15. The number of hydrogen-bond donors (Lipinski definition) is 1. The SMILES string of the molecule is Cc1ccc(C(C)N[C@H](C)c2ccccn2)o1. The minimum absolute atomic E-state index is 0.181. The maximum Gasteiger partial charge on any atom is 0.120 e. The largest absolute Gasteiger partial charge is 0.465 e. The van der Waals surface area contributed by atoms with Crippen LogP contribution in [0.4, 0.5) is 0 Å². The average Bonchev–Trinajstić information content (AvgIpc) is 2.77. The van der Waals surface area contributed by atoms with E-state index in [1.165, 1.54) is 0 Å². The number of nitrogens with one attached hydrogen (secondary N) is 1. The van der Waals surface area contributed by atoms with Gasteiger partial charge in [-0.3, -0.25) is 10.3 Å². The lowest BCUT2D eigenvalue weighted by Crippen LogP contribution is -2.22. The first-order valence-electron chi connectivity index (χ1n) is 5.90. The van der Waals surface area contributed by atoms with E-state index in [9.17, 15) is 0 Å². The van der Waals surface area contributed by atoms with Crippen LogP contribution in [-0.4, -0.2) is 4.98 Å². The highest BCUT2D eigenvalue weighted by Crippen LogP contribution is 2.19. The van der Waals surface area contributed by atoms with E-state index in [4.69, 9.17) is 4.42 Å². The highest BCUT2D eigenvalue weighted by atomic mass is 16.3. The molecule has 17 heavy (non-hydrogen) atoms. The zero-order chi connectivity index (χ0) is 12.3. The summed E-state index contributed by atoms with van der Waals surface area (Å²) in [6, 6.07) is 10.3. The van der Waals surface area contributed by atoms with Gasteiger partial charge in [-0.25, -0.2) is 0 Å². The molecule has 3 nitrogen and oxygen atoms in total. The quantitative estimate of drug-likeness (QED) is 0.874. The van der Waals surface area contributed by atoms with E-state index in [-0.39, 0.29) is 12.1 Å². The van der Waals surface area contributed by atoms with Crippen molar-refractivity contribution in [3.05, 3.63) is 53.7 Å². The summed E-state index contributed by atoms with van der Waals surface area (Å²) in [7, 11) is 0. The number of aromatic nitrogens is 1. The molecule has 2 heterocycles. The molecule has 0 amide bonds. The van der Waals surface area contributed by atoms with E-state index >= 15 is 0 Å². The number of rotatable bonds is 4. The highest BCUT2D eigenvalue weighted by molar-refractivity contribution is 5.12. The van der Waals surface area contributed by atoms with Crippen molar-refractivity contribution >= 4 is 0 Å². The second-order valence-corrected chi connectivity index (χ2v) is 4.31. The molecule has 0 saturated carbocycles. The molecule has 0 aliphatic rings. The van der Waals surface area contributed by atoms with Crippen LogP contribution in [0.25, 0.3) is 0 Å². The first-order valence-corrected chi connectivity index (χ1v) is 5.90. The molecule has 0 fully saturated rings. The van der Waals surface area contributed by atoms with Gasteiger partial charge in [-0.15, -0.1) is 0 Å². The third-order valence-electron chi connectivity index (χ3n) is 2.82. The topological polar surface area (TPSA) is 38.1 Å². The van der Waals surface area contributed by atoms with Gasteiger partial charge in [0.05, 0.1) is 11.7 Å². The van der Waals surface area contributed by atoms with Gasteiger partial charge in [0, 0.05) is 12.2 Å². The van der Waals surface area contributed by atoms with Crippen LogP contribution in [0.5, 0.6) is 0 Å². The van der Waals surface area contributed by atoms with Gasteiger partial charge >= 0.3 is 0 Å². The standard InChI is InChI=1S/C14H18N2O/c1-10-7-8-14(17-10)12(3)16-11(2)13-6-4-5-9-15-13/h4-9,11-12,16H,1-3H3/t11-,12?/m1/s1. The van der Waals surface area contributed by atoms with Gasteiger partial charge in [-0.1, -0.05) is 6.07 Å². The molecule has 2 atom stereocenters. The molecule has 0 bridgehead atoms. The Hall–Kier alpha value is -1.61.